The molecule has 1 aromatic carbocycles. The number of benzene rings is 1. The Hall–Kier alpha value is -0.0800. The lowest BCUT2D eigenvalue weighted by molar-refractivity contribution is 0.610. The summed E-state index contributed by atoms with van der Waals surface area (Å²) in [6.45, 7) is 0. The monoisotopic (exact) mass is 304 g/mol. The van der Waals surface area contributed by atoms with Crippen molar-refractivity contribution < 1.29 is 4.39 Å². The highest BCUT2D eigenvalue weighted by Gasteiger charge is 2.28. The van der Waals surface area contributed by atoms with E-state index in [2.05, 4.69) is 15.9 Å². The van der Waals surface area contributed by atoms with Crippen LogP contribution >= 0.6 is 27.5 Å². The van der Waals surface area contributed by atoms with E-state index >= 15 is 0 Å². The summed E-state index contributed by atoms with van der Waals surface area (Å²) in [5.74, 6) is 0.569. The molecule has 0 N–H and O–H groups in total. The fourth-order valence-electron chi connectivity index (χ4n) is 1.92. The molecule has 16 heavy (non-hydrogen) atoms. The van der Waals surface area contributed by atoms with Gasteiger partial charge in [-0.3, -0.25) is 0 Å². The van der Waals surface area contributed by atoms with Crippen LogP contribution < -0.4 is 0 Å². The van der Waals surface area contributed by atoms with Gasteiger partial charge in [-0.15, -0.1) is 11.6 Å². The summed E-state index contributed by atoms with van der Waals surface area (Å²) < 4.78 is 13.8. The summed E-state index contributed by atoms with van der Waals surface area (Å²) in [5.41, 5.74) is 1.04. The topological polar surface area (TPSA) is 0 Å². The zero-order valence-corrected chi connectivity index (χ0v) is 11.4. The van der Waals surface area contributed by atoms with Gasteiger partial charge in [0, 0.05) is 5.38 Å². The molecule has 0 saturated heterocycles. The van der Waals surface area contributed by atoms with Gasteiger partial charge < -0.3 is 0 Å². The van der Waals surface area contributed by atoms with E-state index in [1.54, 1.807) is 6.07 Å². The van der Waals surface area contributed by atoms with Crippen molar-refractivity contribution in [1.82, 2.24) is 0 Å². The van der Waals surface area contributed by atoms with Crippen LogP contribution in [-0.4, -0.2) is 5.38 Å². The quantitative estimate of drug-likeness (QED) is 0.677. The second-order valence-electron chi connectivity index (χ2n) is 4.46. The van der Waals surface area contributed by atoms with Crippen molar-refractivity contribution in [1.29, 1.82) is 0 Å². The van der Waals surface area contributed by atoms with Crippen LogP contribution in [0.2, 0.25) is 0 Å². The zero-order valence-electron chi connectivity index (χ0n) is 9.06. The number of rotatable bonds is 5. The lowest BCUT2D eigenvalue weighted by Gasteiger charge is -2.08. The van der Waals surface area contributed by atoms with E-state index in [-0.39, 0.29) is 5.82 Å². The van der Waals surface area contributed by atoms with E-state index in [1.807, 2.05) is 6.07 Å². The Morgan fingerprint density at radius 3 is 2.88 bits per heavy atom. The molecule has 0 aliphatic heterocycles. The van der Waals surface area contributed by atoms with Crippen molar-refractivity contribution in [2.24, 2.45) is 5.92 Å². The van der Waals surface area contributed by atoms with E-state index in [0.29, 0.717) is 9.85 Å². The molecule has 1 aliphatic carbocycles. The maximum atomic E-state index is 13.2. The van der Waals surface area contributed by atoms with Crippen molar-refractivity contribution >= 4 is 27.5 Å². The first-order chi connectivity index (χ1) is 7.68. The standard InChI is InChI=1S/C13H15BrClF/c14-13-10(4-2-6-12(13)16)3-1-5-11(15)9-7-8-9/h2,4,6,9,11H,1,3,5,7-8H2. The molecule has 1 saturated carbocycles. The number of hydrogen-bond donors (Lipinski definition) is 0. The molecule has 1 aromatic rings. The SMILES string of the molecule is Fc1cccc(CCCC(Cl)C2CC2)c1Br. The lowest BCUT2D eigenvalue weighted by atomic mass is 10.1. The summed E-state index contributed by atoms with van der Waals surface area (Å²) in [4.78, 5) is 0. The van der Waals surface area contributed by atoms with Crippen LogP contribution in [0.25, 0.3) is 0 Å². The highest BCUT2D eigenvalue weighted by molar-refractivity contribution is 9.10. The van der Waals surface area contributed by atoms with E-state index < -0.39 is 0 Å². The van der Waals surface area contributed by atoms with Crippen molar-refractivity contribution in [3.05, 3.63) is 34.1 Å². The van der Waals surface area contributed by atoms with E-state index in [9.17, 15) is 4.39 Å². The van der Waals surface area contributed by atoms with Gasteiger partial charge in [0.15, 0.2) is 0 Å². The van der Waals surface area contributed by atoms with Crippen LogP contribution in [0.3, 0.4) is 0 Å². The van der Waals surface area contributed by atoms with Gasteiger partial charge in [-0.2, -0.15) is 0 Å². The van der Waals surface area contributed by atoms with Crippen molar-refractivity contribution in [3.8, 4) is 0 Å². The Morgan fingerprint density at radius 1 is 1.44 bits per heavy atom. The predicted octanol–water partition coefficient (Wildman–Crippen LogP) is 4.93. The van der Waals surface area contributed by atoms with Crippen LogP contribution in [-0.2, 0) is 6.42 Å². The maximum Gasteiger partial charge on any atom is 0.137 e. The average Bonchev–Trinajstić information content (AvgIpc) is 3.07. The lowest BCUT2D eigenvalue weighted by Crippen LogP contribution is -2.02. The zero-order chi connectivity index (χ0) is 11.5. The Kier molecular flexibility index (Phi) is 4.26. The fourth-order valence-corrected chi connectivity index (χ4v) is 2.79. The largest absolute Gasteiger partial charge is 0.206 e. The first kappa shape index (κ1) is 12.4. The fraction of sp³-hybridized carbons (Fsp3) is 0.538. The summed E-state index contributed by atoms with van der Waals surface area (Å²) in [6, 6.07) is 5.20. The summed E-state index contributed by atoms with van der Waals surface area (Å²) in [5, 5.41) is 0.326. The Labute approximate surface area is 109 Å². The van der Waals surface area contributed by atoms with E-state index in [4.69, 9.17) is 11.6 Å². The molecule has 88 valence electrons. The molecule has 3 heteroatoms. The van der Waals surface area contributed by atoms with Gasteiger partial charge in [-0.25, -0.2) is 4.39 Å². The molecule has 1 unspecified atom stereocenters. The molecule has 1 fully saturated rings. The van der Waals surface area contributed by atoms with Gasteiger partial charge in [0.25, 0.3) is 0 Å². The van der Waals surface area contributed by atoms with Gasteiger partial charge in [0.05, 0.1) is 4.47 Å². The van der Waals surface area contributed by atoms with E-state index in [0.717, 1.165) is 30.7 Å². The van der Waals surface area contributed by atoms with E-state index in [1.165, 1.54) is 18.9 Å². The Morgan fingerprint density at radius 2 is 2.19 bits per heavy atom. The van der Waals surface area contributed by atoms with Crippen LogP contribution in [0.4, 0.5) is 4.39 Å². The van der Waals surface area contributed by atoms with Gasteiger partial charge in [-0.05, 0) is 65.6 Å². The highest BCUT2D eigenvalue weighted by Crippen LogP contribution is 2.38. The molecule has 1 aliphatic rings. The number of aryl methyl sites for hydroxylation is 1. The Balaban J connectivity index is 1.82. The van der Waals surface area contributed by atoms with Crippen LogP contribution in [0, 0.1) is 11.7 Å². The molecule has 1 atom stereocenters. The molecule has 0 heterocycles. The summed E-state index contributed by atoms with van der Waals surface area (Å²) in [7, 11) is 0. The second kappa shape index (κ2) is 5.50. The molecule has 0 amide bonds. The molecular weight excluding hydrogens is 290 g/mol. The second-order valence-corrected chi connectivity index (χ2v) is 5.81. The van der Waals surface area contributed by atoms with Crippen molar-refractivity contribution in [2.45, 2.75) is 37.5 Å². The third kappa shape index (κ3) is 3.21. The van der Waals surface area contributed by atoms with Gasteiger partial charge in [0.1, 0.15) is 5.82 Å². The maximum absolute atomic E-state index is 13.2. The summed E-state index contributed by atoms with van der Waals surface area (Å²) in [6.07, 6.45) is 5.55. The van der Waals surface area contributed by atoms with Crippen molar-refractivity contribution in [3.63, 3.8) is 0 Å². The molecule has 0 radical (unpaired) electrons. The molecule has 0 bridgehead atoms. The predicted molar refractivity (Wildman–Crippen MR) is 69.4 cm³/mol. The van der Waals surface area contributed by atoms with Crippen LogP contribution in [0.5, 0.6) is 0 Å². The van der Waals surface area contributed by atoms with Crippen LogP contribution in [0.15, 0.2) is 22.7 Å². The molecule has 0 aromatic heterocycles. The van der Waals surface area contributed by atoms with Crippen molar-refractivity contribution in [2.75, 3.05) is 0 Å². The Bertz CT molecular complexity index is 363. The van der Waals surface area contributed by atoms with Gasteiger partial charge >= 0.3 is 0 Å². The average molecular weight is 306 g/mol. The third-order valence-electron chi connectivity index (χ3n) is 3.09. The first-order valence-electron chi connectivity index (χ1n) is 5.75. The highest BCUT2D eigenvalue weighted by atomic mass is 79.9. The normalized spacial score (nSPS) is 17.4. The molecule has 0 spiro atoms. The molecule has 0 nitrogen and oxygen atoms in total. The minimum Gasteiger partial charge on any atom is -0.206 e. The minimum atomic E-state index is -0.179. The molecular formula is C13H15BrClF. The number of halogens is 3. The first-order valence-corrected chi connectivity index (χ1v) is 6.98. The molecule has 2 rings (SSSR count). The number of alkyl halides is 1. The third-order valence-corrected chi connectivity index (χ3v) is 4.55. The smallest absolute Gasteiger partial charge is 0.137 e. The van der Waals surface area contributed by atoms with Gasteiger partial charge in [0.2, 0.25) is 0 Å². The van der Waals surface area contributed by atoms with Crippen LogP contribution in [0.1, 0.15) is 31.2 Å². The summed E-state index contributed by atoms with van der Waals surface area (Å²) >= 11 is 9.51. The number of hydrogen-bond acceptors (Lipinski definition) is 0. The minimum absolute atomic E-state index is 0.179. The van der Waals surface area contributed by atoms with Gasteiger partial charge in [-0.1, -0.05) is 12.1 Å².